The van der Waals surface area contributed by atoms with Gasteiger partial charge < -0.3 is 15.1 Å². The van der Waals surface area contributed by atoms with E-state index in [0.29, 0.717) is 13.1 Å². The number of aromatic nitrogens is 2. The van der Waals surface area contributed by atoms with Gasteiger partial charge in [0.2, 0.25) is 0 Å². The van der Waals surface area contributed by atoms with E-state index < -0.39 is 0 Å². The van der Waals surface area contributed by atoms with Gasteiger partial charge in [-0.05, 0) is 32.2 Å². The van der Waals surface area contributed by atoms with Gasteiger partial charge in [0, 0.05) is 6.20 Å². The highest BCUT2D eigenvalue weighted by atomic mass is 16.3. The maximum atomic E-state index is 5.46. The van der Waals surface area contributed by atoms with Gasteiger partial charge in [0.05, 0.1) is 13.1 Å². The Balaban J connectivity index is 1.96. The molecule has 0 aliphatic carbocycles. The van der Waals surface area contributed by atoms with E-state index in [-0.39, 0.29) is 0 Å². The molecule has 90 valence electrons. The molecule has 2 aromatic heterocycles. The Morgan fingerprint density at radius 2 is 2.12 bits per heavy atom. The Bertz CT molecular complexity index is 481. The molecule has 0 radical (unpaired) electrons. The van der Waals surface area contributed by atoms with Crippen molar-refractivity contribution in [1.82, 2.24) is 15.3 Å². The number of hydrogen-bond acceptors (Lipinski definition) is 5. The second-order valence-electron chi connectivity index (χ2n) is 3.75. The molecule has 5 nitrogen and oxygen atoms in total. The molecule has 0 fully saturated rings. The molecule has 0 saturated heterocycles. The monoisotopic (exact) mass is 232 g/mol. The molecule has 17 heavy (non-hydrogen) atoms. The van der Waals surface area contributed by atoms with E-state index in [1.807, 2.05) is 32.2 Å². The zero-order valence-corrected chi connectivity index (χ0v) is 10.0. The summed E-state index contributed by atoms with van der Waals surface area (Å²) in [6.45, 7) is 3.22. The molecule has 0 bridgehead atoms. The molecular formula is C12H16N4O. The third kappa shape index (κ3) is 3.29. The van der Waals surface area contributed by atoms with Crippen LogP contribution in [-0.2, 0) is 13.1 Å². The van der Waals surface area contributed by atoms with Crippen molar-refractivity contribution in [2.75, 3.05) is 12.4 Å². The number of nitrogens with zero attached hydrogens (tertiary/aromatic N) is 2. The van der Waals surface area contributed by atoms with Crippen molar-refractivity contribution in [1.29, 1.82) is 0 Å². The summed E-state index contributed by atoms with van der Waals surface area (Å²) >= 11 is 0. The highest BCUT2D eigenvalue weighted by Gasteiger charge is 2.01. The van der Waals surface area contributed by atoms with Crippen molar-refractivity contribution >= 4 is 5.82 Å². The van der Waals surface area contributed by atoms with Crippen molar-refractivity contribution < 1.29 is 4.42 Å². The minimum Gasteiger partial charge on any atom is -0.465 e. The topological polar surface area (TPSA) is 63.0 Å². The molecule has 0 atom stereocenters. The first kappa shape index (κ1) is 11.6. The number of anilines is 1. The molecule has 0 unspecified atom stereocenters. The Morgan fingerprint density at radius 3 is 2.82 bits per heavy atom. The van der Waals surface area contributed by atoms with Gasteiger partial charge in [-0.1, -0.05) is 0 Å². The highest BCUT2D eigenvalue weighted by Crippen LogP contribution is 2.09. The van der Waals surface area contributed by atoms with Gasteiger partial charge in [0.15, 0.2) is 0 Å². The molecular weight excluding hydrogens is 216 g/mol. The van der Waals surface area contributed by atoms with E-state index in [4.69, 9.17) is 4.42 Å². The molecule has 2 rings (SSSR count). The maximum Gasteiger partial charge on any atom is 0.144 e. The van der Waals surface area contributed by atoms with Gasteiger partial charge in [-0.25, -0.2) is 9.97 Å². The van der Waals surface area contributed by atoms with E-state index >= 15 is 0 Å². The molecule has 0 spiro atoms. The van der Waals surface area contributed by atoms with Crippen LogP contribution in [0.4, 0.5) is 5.82 Å². The van der Waals surface area contributed by atoms with Crippen molar-refractivity contribution in [2.45, 2.75) is 20.0 Å². The molecule has 0 amide bonds. The van der Waals surface area contributed by atoms with Gasteiger partial charge in [-0.15, -0.1) is 0 Å². The molecule has 0 saturated carbocycles. The van der Waals surface area contributed by atoms with E-state index in [0.717, 1.165) is 23.2 Å². The lowest BCUT2D eigenvalue weighted by Crippen LogP contribution is -2.10. The van der Waals surface area contributed by atoms with Crippen LogP contribution in [0, 0.1) is 6.92 Å². The van der Waals surface area contributed by atoms with Gasteiger partial charge >= 0.3 is 0 Å². The second kappa shape index (κ2) is 5.45. The van der Waals surface area contributed by atoms with Crippen LogP contribution in [0.15, 0.2) is 28.8 Å². The van der Waals surface area contributed by atoms with Crippen LogP contribution in [0.3, 0.4) is 0 Å². The van der Waals surface area contributed by atoms with Gasteiger partial charge in [-0.3, -0.25) is 0 Å². The molecule has 2 heterocycles. The largest absolute Gasteiger partial charge is 0.465 e. The Labute approximate surface area is 100 Å². The van der Waals surface area contributed by atoms with Crippen molar-refractivity contribution in [3.05, 3.63) is 41.7 Å². The quantitative estimate of drug-likeness (QED) is 0.821. The summed E-state index contributed by atoms with van der Waals surface area (Å²) in [5, 5.41) is 6.22. The van der Waals surface area contributed by atoms with Crippen molar-refractivity contribution in [3.63, 3.8) is 0 Å². The Morgan fingerprint density at radius 1 is 1.24 bits per heavy atom. The fraction of sp³-hybridized carbons (Fsp3) is 0.333. The lowest BCUT2D eigenvalue weighted by atomic mass is 10.4. The predicted molar refractivity (Wildman–Crippen MR) is 65.6 cm³/mol. The van der Waals surface area contributed by atoms with Gasteiger partial charge in [-0.2, -0.15) is 0 Å². The summed E-state index contributed by atoms with van der Waals surface area (Å²) in [6.07, 6.45) is 1.75. The zero-order valence-electron chi connectivity index (χ0n) is 10.0. The van der Waals surface area contributed by atoms with Crippen LogP contribution in [-0.4, -0.2) is 17.0 Å². The smallest absolute Gasteiger partial charge is 0.144 e. The van der Waals surface area contributed by atoms with Gasteiger partial charge in [0.25, 0.3) is 0 Å². The maximum absolute atomic E-state index is 5.46. The van der Waals surface area contributed by atoms with E-state index in [1.165, 1.54) is 0 Å². The van der Waals surface area contributed by atoms with Crippen LogP contribution < -0.4 is 10.6 Å². The zero-order chi connectivity index (χ0) is 12.1. The molecule has 0 aliphatic heterocycles. The lowest BCUT2D eigenvalue weighted by Gasteiger charge is -2.05. The van der Waals surface area contributed by atoms with Crippen molar-refractivity contribution in [3.8, 4) is 0 Å². The predicted octanol–water partition coefficient (Wildman–Crippen LogP) is 1.71. The third-order valence-corrected chi connectivity index (χ3v) is 2.28. The fourth-order valence-corrected chi connectivity index (χ4v) is 1.50. The molecule has 5 heteroatoms. The normalized spacial score (nSPS) is 10.5. The van der Waals surface area contributed by atoms with Crippen LogP contribution in [0.2, 0.25) is 0 Å². The summed E-state index contributed by atoms with van der Waals surface area (Å²) in [6, 6.07) is 5.75. The fourth-order valence-electron chi connectivity index (χ4n) is 1.50. The summed E-state index contributed by atoms with van der Waals surface area (Å²) in [5.74, 6) is 3.39. The molecule has 2 N–H and O–H groups in total. The molecule has 0 aromatic carbocycles. The van der Waals surface area contributed by atoms with E-state index in [1.54, 1.807) is 6.20 Å². The SMILES string of the molecule is CNCc1nccc(NCc2ccc(C)o2)n1. The minimum absolute atomic E-state index is 0.629. The Kier molecular flexibility index (Phi) is 3.72. The number of rotatable bonds is 5. The van der Waals surface area contributed by atoms with E-state index in [2.05, 4.69) is 20.6 Å². The lowest BCUT2D eigenvalue weighted by molar-refractivity contribution is 0.490. The van der Waals surface area contributed by atoms with Crippen LogP contribution in [0.1, 0.15) is 17.3 Å². The second-order valence-corrected chi connectivity index (χ2v) is 3.75. The van der Waals surface area contributed by atoms with Crippen LogP contribution >= 0.6 is 0 Å². The Hall–Kier alpha value is -1.88. The average Bonchev–Trinajstić information content (AvgIpc) is 2.74. The first-order valence-electron chi connectivity index (χ1n) is 5.53. The third-order valence-electron chi connectivity index (χ3n) is 2.28. The minimum atomic E-state index is 0.629. The molecule has 0 aliphatic rings. The number of furan rings is 1. The first-order chi connectivity index (χ1) is 8.28. The van der Waals surface area contributed by atoms with Crippen LogP contribution in [0.25, 0.3) is 0 Å². The summed E-state index contributed by atoms with van der Waals surface area (Å²) in [4.78, 5) is 8.51. The van der Waals surface area contributed by atoms with E-state index in [9.17, 15) is 0 Å². The summed E-state index contributed by atoms with van der Waals surface area (Å²) in [7, 11) is 1.87. The van der Waals surface area contributed by atoms with Crippen LogP contribution in [0.5, 0.6) is 0 Å². The van der Waals surface area contributed by atoms with Crippen molar-refractivity contribution in [2.24, 2.45) is 0 Å². The highest BCUT2D eigenvalue weighted by molar-refractivity contribution is 5.33. The standard InChI is InChI=1S/C12H16N4O/c1-9-3-4-10(17-9)7-15-11-5-6-14-12(16-11)8-13-2/h3-6,13H,7-8H2,1-2H3,(H,14,15,16). The summed E-state index contributed by atoms with van der Waals surface area (Å²) in [5.41, 5.74) is 0. The number of hydrogen-bond donors (Lipinski definition) is 2. The average molecular weight is 232 g/mol. The first-order valence-corrected chi connectivity index (χ1v) is 5.53. The number of nitrogens with one attached hydrogen (secondary N) is 2. The molecule has 2 aromatic rings. The number of aryl methyl sites for hydroxylation is 1. The van der Waals surface area contributed by atoms with Gasteiger partial charge in [0.1, 0.15) is 23.2 Å². The summed E-state index contributed by atoms with van der Waals surface area (Å²) < 4.78 is 5.46.